The van der Waals surface area contributed by atoms with E-state index in [1.165, 1.54) is 12.8 Å². The van der Waals surface area contributed by atoms with E-state index in [1.807, 2.05) is 0 Å². The second-order valence-electron chi connectivity index (χ2n) is 3.64. The standard InChI is InChI=1S/C9H16N2O/c10-11-8(6-7-3-4-7)9-2-1-5-12-9/h2,7-8,11H,1,3-6,10H2. The summed E-state index contributed by atoms with van der Waals surface area (Å²) in [7, 11) is 0. The minimum absolute atomic E-state index is 0.264. The van der Waals surface area contributed by atoms with Gasteiger partial charge in [-0.05, 0) is 18.4 Å². The molecule has 0 aromatic carbocycles. The van der Waals surface area contributed by atoms with Gasteiger partial charge in [-0.3, -0.25) is 5.84 Å². The van der Waals surface area contributed by atoms with Crippen molar-refractivity contribution >= 4 is 0 Å². The molecule has 0 saturated heterocycles. The molecule has 1 heterocycles. The molecular formula is C9H16N2O. The lowest BCUT2D eigenvalue weighted by Crippen LogP contribution is -2.37. The Hall–Kier alpha value is -0.540. The van der Waals surface area contributed by atoms with Gasteiger partial charge in [0, 0.05) is 6.42 Å². The van der Waals surface area contributed by atoms with Crippen LogP contribution in [0.2, 0.25) is 0 Å². The largest absolute Gasteiger partial charge is 0.496 e. The van der Waals surface area contributed by atoms with Gasteiger partial charge in [0.15, 0.2) is 0 Å². The molecule has 0 amide bonds. The summed E-state index contributed by atoms with van der Waals surface area (Å²) in [5, 5.41) is 0. The molecule has 1 unspecified atom stereocenters. The van der Waals surface area contributed by atoms with Crippen LogP contribution in [0.15, 0.2) is 11.8 Å². The summed E-state index contributed by atoms with van der Waals surface area (Å²) in [5.41, 5.74) is 2.82. The molecule has 0 aromatic heterocycles. The molecule has 12 heavy (non-hydrogen) atoms. The van der Waals surface area contributed by atoms with Crippen LogP contribution in [0.4, 0.5) is 0 Å². The maximum absolute atomic E-state index is 5.46. The van der Waals surface area contributed by atoms with Crippen LogP contribution in [0.1, 0.15) is 25.7 Å². The molecule has 3 nitrogen and oxygen atoms in total. The molecule has 3 heteroatoms. The fraction of sp³-hybridized carbons (Fsp3) is 0.778. The summed E-state index contributed by atoms with van der Waals surface area (Å²) in [6.45, 7) is 0.832. The lowest BCUT2D eigenvalue weighted by Gasteiger charge is -2.16. The molecule has 0 spiro atoms. The van der Waals surface area contributed by atoms with E-state index in [0.29, 0.717) is 0 Å². The lowest BCUT2D eigenvalue weighted by molar-refractivity contribution is 0.210. The Kier molecular flexibility index (Phi) is 2.33. The number of hydrogen-bond donors (Lipinski definition) is 2. The van der Waals surface area contributed by atoms with Gasteiger partial charge in [0.25, 0.3) is 0 Å². The molecule has 3 N–H and O–H groups in total. The highest BCUT2D eigenvalue weighted by atomic mass is 16.5. The smallest absolute Gasteiger partial charge is 0.110 e. The molecule has 1 saturated carbocycles. The SMILES string of the molecule is NNC(CC1CC1)C1=CCCO1. The molecule has 68 valence electrons. The van der Waals surface area contributed by atoms with Crippen LogP contribution in [-0.2, 0) is 4.74 Å². The van der Waals surface area contributed by atoms with Crippen molar-refractivity contribution in [2.24, 2.45) is 11.8 Å². The van der Waals surface area contributed by atoms with Crippen LogP contribution in [-0.4, -0.2) is 12.6 Å². The van der Waals surface area contributed by atoms with E-state index in [0.717, 1.165) is 31.1 Å². The third kappa shape index (κ3) is 1.79. The van der Waals surface area contributed by atoms with Crippen molar-refractivity contribution in [1.29, 1.82) is 0 Å². The van der Waals surface area contributed by atoms with Gasteiger partial charge in [-0.1, -0.05) is 12.8 Å². The van der Waals surface area contributed by atoms with Crippen molar-refractivity contribution < 1.29 is 4.74 Å². The zero-order valence-corrected chi connectivity index (χ0v) is 7.25. The van der Waals surface area contributed by atoms with Crippen LogP contribution in [0.3, 0.4) is 0 Å². The maximum atomic E-state index is 5.46. The molecule has 1 aliphatic heterocycles. The first-order chi connectivity index (χ1) is 5.90. The Morgan fingerprint density at radius 2 is 2.50 bits per heavy atom. The molecule has 1 atom stereocenters. The molecule has 0 aromatic rings. The van der Waals surface area contributed by atoms with Gasteiger partial charge in [-0.25, -0.2) is 5.43 Å². The Balaban J connectivity index is 1.87. The van der Waals surface area contributed by atoms with E-state index in [9.17, 15) is 0 Å². The molecule has 1 aliphatic carbocycles. The predicted molar refractivity (Wildman–Crippen MR) is 47.1 cm³/mol. The van der Waals surface area contributed by atoms with Crippen LogP contribution >= 0.6 is 0 Å². The van der Waals surface area contributed by atoms with Crippen LogP contribution in [0.25, 0.3) is 0 Å². The minimum atomic E-state index is 0.264. The van der Waals surface area contributed by atoms with E-state index < -0.39 is 0 Å². The summed E-state index contributed by atoms with van der Waals surface area (Å²) >= 11 is 0. The van der Waals surface area contributed by atoms with Gasteiger partial charge in [0.2, 0.25) is 0 Å². The predicted octanol–water partition coefficient (Wildman–Crippen LogP) is 0.923. The topological polar surface area (TPSA) is 47.3 Å². The Morgan fingerprint density at radius 3 is 3.00 bits per heavy atom. The van der Waals surface area contributed by atoms with Gasteiger partial charge in [0.1, 0.15) is 5.76 Å². The summed E-state index contributed by atoms with van der Waals surface area (Å²) in [4.78, 5) is 0. The van der Waals surface area contributed by atoms with Gasteiger partial charge in [-0.2, -0.15) is 0 Å². The third-order valence-corrected chi connectivity index (χ3v) is 2.54. The number of nitrogens with two attached hydrogens (primary N) is 1. The van der Waals surface area contributed by atoms with Crippen LogP contribution in [0, 0.1) is 5.92 Å². The number of nitrogens with one attached hydrogen (secondary N) is 1. The average Bonchev–Trinajstić information content (AvgIpc) is 2.74. The summed E-state index contributed by atoms with van der Waals surface area (Å²) in [5.74, 6) is 7.40. The van der Waals surface area contributed by atoms with Crippen molar-refractivity contribution in [1.82, 2.24) is 5.43 Å². The quantitative estimate of drug-likeness (QED) is 0.485. The monoisotopic (exact) mass is 168 g/mol. The second-order valence-corrected chi connectivity index (χ2v) is 3.64. The first-order valence-electron chi connectivity index (χ1n) is 4.69. The molecule has 0 bridgehead atoms. The summed E-state index contributed by atoms with van der Waals surface area (Å²) < 4.78 is 5.45. The van der Waals surface area contributed by atoms with Crippen molar-refractivity contribution in [2.45, 2.75) is 31.7 Å². The van der Waals surface area contributed by atoms with Crippen molar-refractivity contribution in [3.05, 3.63) is 11.8 Å². The molecular weight excluding hydrogens is 152 g/mol. The fourth-order valence-electron chi connectivity index (χ4n) is 1.63. The number of ether oxygens (including phenoxy) is 1. The number of hydrazine groups is 1. The van der Waals surface area contributed by atoms with Crippen LogP contribution < -0.4 is 11.3 Å². The van der Waals surface area contributed by atoms with E-state index in [-0.39, 0.29) is 6.04 Å². The summed E-state index contributed by atoms with van der Waals surface area (Å²) in [6.07, 6.45) is 7.06. The van der Waals surface area contributed by atoms with Gasteiger partial charge < -0.3 is 4.74 Å². The summed E-state index contributed by atoms with van der Waals surface area (Å²) in [6, 6.07) is 0.264. The van der Waals surface area contributed by atoms with Gasteiger partial charge in [-0.15, -0.1) is 0 Å². The normalized spacial score (nSPS) is 24.9. The van der Waals surface area contributed by atoms with Crippen LogP contribution in [0.5, 0.6) is 0 Å². The Bertz CT molecular complexity index is 187. The molecule has 2 rings (SSSR count). The zero-order chi connectivity index (χ0) is 8.39. The number of rotatable bonds is 4. The highest BCUT2D eigenvalue weighted by Crippen LogP contribution is 2.35. The zero-order valence-electron chi connectivity index (χ0n) is 7.25. The maximum Gasteiger partial charge on any atom is 0.110 e. The highest BCUT2D eigenvalue weighted by molar-refractivity contribution is 5.07. The van der Waals surface area contributed by atoms with E-state index in [1.54, 1.807) is 0 Å². The van der Waals surface area contributed by atoms with E-state index in [2.05, 4.69) is 11.5 Å². The fourth-order valence-corrected chi connectivity index (χ4v) is 1.63. The van der Waals surface area contributed by atoms with Crippen molar-refractivity contribution in [3.8, 4) is 0 Å². The minimum Gasteiger partial charge on any atom is -0.496 e. The van der Waals surface area contributed by atoms with E-state index >= 15 is 0 Å². The third-order valence-electron chi connectivity index (χ3n) is 2.54. The first-order valence-corrected chi connectivity index (χ1v) is 4.69. The number of hydrogen-bond acceptors (Lipinski definition) is 3. The van der Waals surface area contributed by atoms with E-state index in [4.69, 9.17) is 10.6 Å². The average molecular weight is 168 g/mol. The van der Waals surface area contributed by atoms with Crippen molar-refractivity contribution in [2.75, 3.05) is 6.61 Å². The molecule has 1 fully saturated rings. The first kappa shape index (κ1) is 8.08. The van der Waals surface area contributed by atoms with Gasteiger partial charge >= 0.3 is 0 Å². The Labute approximate surface area is 72.9 Å². The highest BCUT2D eigenvalue weighted by Gasteiger charge is 2.28. The van der Waals surface area contributed by atoms with Gasteiger partial charge in [0.05, 0.1) is 12.6 Å². The molecule has 2 aliphatic rings. The van der Waals surface area contributed by atoms with Crippen molar-refractivity contribution in [3.63, 3.8) is 0 Å². The second kappa shape index (κ2) is 3.46. The lowest BCUT2D eigenvalue weighted by atomic mass is 10.1. The molecule has 0 radical (unpaired) electrons. The Morgan fingerprint density at radius 1 is 1.67 bits per heavy atom.